The van der Waals surface area contributed by atoms with Gasteiger partial charge in [-0.2, -0.15) is 0 Å². The van der Waals surface area contributed by atoms with E-state index in [2.05, 4.69) is 9.97 Å². The molecule has 2 N–H and O–H groups in total. The van der Waals surface area contributed by atoms with Gasteiger partial charge in [-0.1, -0.05) is 11.8 Å². The Bertz CT molecular complexity index is 470. The first kappa shape index (κ1) is 11.2. The van der Waals surface area contributed by atoms with Crippen LogP contribution in [0.5, 0.6) is 0 Å². The van der Waals surface area contributed by atoms with Crippen molar-refractivity contribution in [3.05, 3.63) is 41.5 Å². The van der Waals surface area contributed by atoms with Crippen LogP contribution in [-0.2, 0) is 12.3 Å². The lowest BCUT2D eigenvalue weighted by Gasteiger charge is -2.00. The van der Waals surface area contributed by atoms with Crippen molar-refractivity contribution in [2.24, 2.45) is 5.73 Å². The highest BCUT2D eigenvalue weighted by Crippen LogP contribution is 2.21. The number of aromatic nitrogens is 2. The fraction of sp³-hybridized carbons (Fsp3) is 0.273. The van der Waals surface area contributed by atoms with Gasteiger partial charge in [0.25, 0.3) is 5.22 Å². The Morgan fingerprint density at radius 1 is 1.50 bits per heavy atom. The van der Waals surface area contributed by atoms with Crippen molar-refractivity contribution in [3.8, 4) is 0 Å². The van der Waals surface area contributed by atoms with Gasteiger partial charge in [0.15, 0.2) is 0 Å². The predicted octanol–water partition coefficient (Wildman–Crippen LogP) is 2.13. The summed E-state index contributed by atoms with van der Waals surface area (Å²) in [7, 11) is 0. The summed E-state index contributed by atoms with van der Waals surface area (Å²) in [6.45, 7) is 2.38. The number of aryl methyl sites for hydroxylation is 1. The first-order chi connectivity index (χ1) is 7.78. The van der Waals surface area contributed by atoms with Crippen LogP contribution in [0.25, 0.3) is 0 Å². The summed E-state index contributed by atoms with van der Waals surface area (Å²) in [5.74, 6) is 0.815. The summed E-state index contributed by atoms with van der Waals surface area (Å²) in [5.41, 5.74) is 8.51. The Balaban J connectivity index is 1.99. The molecule has 0 aliphatic carbocycles. The fourth-order valence-electron chi connectivity index (χ4n) is 1.27. The van der Waals surface area contributed by atoms with E-state index in [1.165, 1.54) is 5.56 Å². The molecule has 0 saturated carbocycles. The quantitative estimate of drug-likeness (QED) is 0.822. The molecule has 4 nitrogen and oxygen atoms in total. The molecule has 16 heavy (non-hydrogen) atoms. The second kappa shape index (κ2) is 5.14. The minimum atomic E-state index is 0.469. The van der Waals surface area contributed by atoms with Gasteiger partial charge in [0.2, 0.25) is 0 Å². The molecule has 0 aliphatic rings. The van der Waals surface area contributed by atoms with Crippen LogP contribution in [0, 0.1) is 6.92 Å². The van der Waals surface area contributed by atoms with Crippen molar-refractivity contribution in [2.75, 3.05) is 0 Å². The lowest BCUT2D eigenvalue weighted by molar-refractivity contribution is 0.454. The Hall–Kier alpha value is -1.33. The number of hydrogen-bond donors (Lipinski definition) is 1. The predicted molar refractivity (Wildman–Crippen MR) is 62.9 cm³/mol. The van der Waals surface area contributed by atoms with Crippen LogP contribution in [0.3, 0.4) is 0 Å². The van der Waals surface area contributed by atoms with Crippen LogP contribution in [0.15, 0.2) is 34.2 Å². The molecular weight excluding hydrogens is 222 g/mol. The second-order valence-electron chi connectivity index (χ2n) is 3.40. The van der Waals surface area contributed by atoms with Crippen molar-refractivity contribution in [3.63, 3.8) is 0 Å². The molecule has 2 aromatic heterocycles. The van der Waals surface area contributed by atoms with Crippen LogP contribution >= 0.6 is 11.8 Å². The zero-order chi connectivity index (χ0) is 11.4. The Kier molecular flexibility index (Phi) is 3.58. The molecule has 0 spiro atoms. The van der Waals surface area contributed by atoms with Gasteiger partial charge in [-0.15, -0.1) is 0 Å². The van der Waals surface area contributed by atoms with E-state index in [0.717, 1.165) is 17.1 Å². The zero-order valence-electron chi connectivity index (χ0n) is 9.01. The molecule has 84 valence electrons. The minimum Gasteiger partial charge on any atom is -0.440 e. The maximum Gasteiger partial charge on any atom is 0.256 e. The smallest absolute Gasteiger partial charge is 0.256 e. The van der Waals surface area contributed by atoms with Gasteiger partial charge in [0, 0.05) is 18.5 Å². The van der Waals surface area contributed by atoms with E-state index in [9.17, 15) is 0 Å². The summed E-state index contributed by atoms with van der Waals surface area (Å²) in [6, 6.07) is 3.98. The van der Waals surface area contributed by atoms with Gasteiger partial charge in [-0.05, 0) is 24.6 Å². The van der Waals surface area contributed by atoms with Gasteiger partial charge in [-0.25, -0.2) is 4.98 Å². The number of hydrogen-bond acceptors (Lipinski definition) is 5. The molecule has 0 unspecified atom stereocenters. The van der Waals surface area contributed by atoms with E-state index in [-0.39, 0.29) is 0 Å². The number of thioether (sulfide) groups is 1. The van der Waals surface area contributed by atoms with E-state index in [4.69, 9.17) is 10.2 Å². The Morgan fingerprint density at radius 3 is 3.06 bits per heavy atom. The molecular formula is C11H13N3OS. The molecule has 0 atom stereocenters. The highest BCUT2D eigenvalue weighted by Gasteiger charge is 2.02. The van der Waals surface area contributed by atoms with Crippen molar-refractivity contribution < 1.29 is 4.42 Å². The highest BCUT2D eigenvalue weighted by molar-refractivity contribution is 7.98. The summed E-state index contributed by atoms with van der Waals surface area (Å²) < 4.78 is 5.25. The molecule has 0 amide bonds. The SMILES string of the molecule is Cc1coc(SCc2ccnc(CN)c2)n1. The summed E-state index contributed by atoms with van der Waals surface area (Å²) in [5, 5.41) is 0.698. The van der Waals surface area contributed by atoms with Crippen LogP contribution < -0.4 is 5.73 Å². The maximum absolute atomic E-state index is 5.53. The van der Waals surface area contributed by atoms with Gasteiger partial charge in [0.05, 0.1) is 11.4 Å². The third-order valence-corrected chi connectivity index (χ3v) is 2.96. The molecule has 0 saturated heterocycles. The Morgan fingerprint density at radius 2 is 2.38 bits per heavy atom. The van der Waals surface area contributed by atoms with Gasteiger partial charge in [0.1, 0.15) is 6.26 Å². The third-order valence-electron chi connectivity index (χ3n) is 2.05. The molecule has 0 aromatic carbocycles. The van der Waals surface area contributed by atoms with Crippen molar-refractivity contribution in [2.45, 2.75) is 24.4 Å². The molecule has 0 radical (unpaired) electrons. The van der Waals surface area contributed by atoms with Crippen LogP contribution in [-0.4, -0.2) is 9.97 Å². The van der Waals surface area contributed by atoms with E-state index in [1.54, 1.807) is 24.2 Å². The number of nitrogens with zero attached hydrogens (tertiary/aromatic N) is 2. The van der Waals surface area contributed by atoms with Crippen LogP contribution in [0.1, 0.15) is 17.0 Å². The van der Waals surface area contributed by atoms with Gasteiger partial charge < -0.3 is 10.2 Å². The summed E-state index contributed by atoms with van der Waals surface area (Å²) >= 11 is 1.57. The molecule has 2 rings (SSSR count). The summed E-state index contributed by atoms with van der Waals surface area (Å²) in [4.78, 5) is 8.37. The van der Waals surface area contributed by atoms with E-state index < -0.39 is 0 Å². The second-order valence-corrected chi connectivity index (χ2v) is 4.33. The average Bonchev–Trinajstić information content (AvgIpc) is 2.73. The maximum atomic E-state index is 5.53. The fourth-order valence-corrected chi connectivity index (χ4v) is 2.07. The van der Waals surface area contributed by atoms with Gasteiger partial charge >= 0.3 is 0 Å². The largest absolute Gasteiger partial charge is 0.440 e. The summed E-state index contributed by atoms with van der Waals surface area (Å²) in [6.07, 6.45) is 3.43. The number of rotatable bonds is 4. The third kappa shape index (κ3) is 2.84. The van der Waals surface area contributed by atoms with Crippen LogP contribution in [0.4, 0.5) is 0 Å². The van der Waals surface area contributed by atoms with E-state index >= 15 is 0 Å². The Labute approximate surface area is 98.3 Å². The minimum absolute atomic E-state index is 0.469. The average molecular weight is 235 g/mol. The van der Waals surface area contributed by atoms with Gasteiger partial charge in [-0.3, -0.25) is 4.98 Å². The van der Waals surface area contributed by atoms with Crippen molar-refractivity contribution in [1.82, 2.24) is 9.97 Å². The normalized spacial score (nSPS) is 10.6. The van der Waals surface area contributed by atoms with E-state index in [0.29, 0.717) is 11.8 Å². The van der Waals surface area contributed by atoms with Crippen molar-refractivity contribution in [1.29, 1.82) is 0 Å². The topological polar surface area (TPSA) is 64.9 Å². The number of pyridine rings is 1. The lowest BCUT2D eigenvalue weighted by atomic mass is 10.2. The highest BCUT2D eigenvalue weighted by atomic mass is 32.2. The molecule has 0 fully saturated rings. The lowest BCUT2D eigenvalue weighted by Crippen LogP contribution is -1.99. The van der Waals surface area contributed by atoms with Crippen LogP contribution in [0.2, 0.25) is 0 Å². The van der Waals surface area contributed by atoms with Crippen molar-refractivity contribution >= 4 is 11.8 Å². The number of oxazole rings is 1. The van der Waals surface area contributed by atoms with E-state index in [1.807, 2.05) is 19.1 Å². The standard InChI is InChI=1S/C11H13N3OS/c1-8-6-15-11(14-8)16-7-9-2-3-13-10(4-9)5-12/h2-4,6H,5,7,12H2,1H3. The first-order valence-corrected chi connectivity index (χ1v) is 5.95. The number of nitrogens with two attached hydrogens (primary N) is 1. The zero-order valence-corrected chi connectivity index (χ0v) is 9.83. The molecule has 0 aliphatic heterocycles. The molecule has 5 heteroatoms. The first-order valence-electron chi connectivity index (χ1n) is 4.97. The molecule has 2 aromatic rings. The monoisotopic (exact) mass is 235 g/mol. The molecule has 2 heterocycles. The molecule has 0 bridgehead atoms.